The summed E-state index contributed by atoms with van der Waals surface area (Å²) in [5.74, 6) is 0.00325. The first-order chi connectivity index (χ1) is 11.1. The predicted octanol–water partition coefficient (Wildman–Crippen LogP) is 1.17. The van der Waals surface area contributed by atoms with Crippen LogP contribution in [0.15, 0.2) is 0 Å². The van der Waals surface area contributed by atoms with Gasteiger partial charge in [0.2, 0.25) is 5.91 Å². The van der Waals surface area contributed by atoms with Crippen LogP contribution in [-0.2, 0) is 17.8 Å². The van der Waals surface area contributed by atoms with Crippen LogP contribution in [-0.4, -0.2) is 48.4 Å². The summed E-state index contributed by atoms with van der Waals surface area (Å²) in [5, 5.41) is 6.35. The number of fused-ring (bicyclic) bond motifs is 1. The number of nitrogens with zero attached hydrogens (tertiary/aromatic N) is 2. The second-order valence-corrected chi connectivity index (χ2v) is 7.61. The molecule has 2 heterocycles. The number of thiazole rings is 1. The Hall–Kier alpha value is -1.47. The molecule has 1 aromatic heterocycles. The molecular formula is C16H24N4O2S. The number of hydrogen-bond donors (Lipinski definition) is 2. The van der Waals surface area contributed by atoms with Gasteiger partial charge in [0.15, 0.2) is 5.01 Å². The van der Waals surface area contributed by atoms with Crippen LogP contribution in [0, 0.1) is 5.92 Å². The minimum atomic E-state index is -0.0883. The van der Waals surface area contributed by atoms with Gasteiger partial charge in [0.25, 0.3) is 5.91 Å². The first-order valence-corrected chi connectivity index (χ1v) is 9.08. The van der Waals surface area contributed by atoms with Crippen LogP contribution >= 0.6 is 11.3 Å². The van der Waals surface area contributed by atoms with E-state index in [0.29, 0.717) is 5.01 Å². The number of rotatable bonds is 3. The van der Waals surface area contributed by atoms with Crippen molar-refractivity contribution >= 4 is 23.2 Å². The maximum absolute atomic E-state index is 12.5. The van der Waals surface area contributed by atoms with Crippen LogP contribution in [0.25, 0.3) is 0 Å². The normalized spacial score (nSPS) is 24.8. The van der Waals surface area contributed by atoms with E-state index in [1.54, 1.807) is 7.05 Å². The van der Waals surface area contributed by atoms with Crippen molar-refractivity contribution in [3.63, 3.8) is 0 Å². The zero-order chi connectivity index (χ0) is 16.4. The Morgan fingerprint density at radius 2 is 2.17 bits per heavy atom. The summed E-state index contributed by atoms with van der Waals surface area (Å²) >= 11 is 1.50. The summed E-state index contributed by atoms with van der Waals surface area (Å²) in [5.41, 5.74) is 1.07. The lowest BCUT2D eigenvalue weighted by atomic mass is 9.85. The Morgan fingerprint density at radius 1 is 1.35 bits per heavy atom. The smallest absolute Gasteiger partial charge is 0.280 e. The van der Waals surface area contributed by atoms with E-state index in [0.717, 1.165) is 50.9 Å². The van der Waals surface area contributed by atoms with E-state index in [1.807, 2.05) is 0 Å². The molecule has 0 spiro atoms. The van der Waals surface area contributed by atoms with Crippen molar-refractivity contribution < 1.29 is 9.59 Å². The first-order valence-electron chi connectivity index (χ1n) is 8.26. The first kappa shape index (κ1) is 16.4. The van der Waals surface area contributed by atoms with Gasteiger partial charge in [-0.15, -0.1) is 11.3 Å². The Morgan fingerprint density at radius 3 is 2.96 bits per heavy atom. The lowest BCUT2D eigenvalue weighted by Gasteiger charge is -2.28. The number of carbonyl (C=O) groups is 2. The molecule has 126 valence electrons. The third-order valence-electron chi connectivity index (χ3n) is 4.74. The van der Waals surface area contributed by atoms with Gasteiger partial charge in [-0.1, -0.05) is 6.42 Å². The van der Waals surface area contributed by atoms with Crippen LogP contribution in [0.4, 0.5) is 0 Å². The fourth-order valence-electron chi connectivity index (χ4n) is 3.43. The molecule has 2 N–H and O–H groups in total. The van der Waals surface area contributed by atoms with Gasteiger partial charge in [-0.25, -0.2) is 4.98 Å². The van der Waals surface area contributed by atoms with Gasteiger partial charge in [0.05, 0.1) is 5.69 Å². The Bertz CT molecular complexity index is 601. The summed E-state index contributed by atoms with van der Waals surface area (Å²) in [6.07, 6.45) is 4.45. The van der Waals surface area contributed by atoms with E-state index < -0.39 is 0 Å². The molecule has 23 heavy (non-hydrogen) atoms. The summed E-state index contributed by atoms with van der Waals surface area (Å²) in [6, 6.07) is 0.0714. The topological polar surface area (TPSA) is 74.3 Å². The van der Waals surface area contributed by atoms with Crippen LogP contribution in [0.2, 0.25) is 0 Å². The fourth-order valence-corrected chi connectivity index (χ4v) is 4.52. The molecule has 6 nitrogen and oxygen atoms in total. The quantitative estimate of drug-likeness (QED) is 0.869. The maximum atomic E-state index is 12.5. The zero-order valence-electron chi connectivity index (χ0n) is 13.7. The molecule has 1 aliphatic carbocycles. The Balaban J connectivity index is 1.62. The summed E-state index contributed by atoms with van der Waals surface area (Å²) < 4.78 is 0. The van der Waals surface area contributed by atoms with Gasteiger partial charge in [-0.2, -0.15) is 0 Å². The highest BCUT2D eigenvalue weighted by molar-refractivity contribution is 7.13. The second-order valence-electron chi connectivity index (χ2n) is 6.52. The van der Waals surface area contributed by atoms with Gasteiger partial charge in [-0.05, 0) is 26.3 Å². The molecule has 2 amide bonds. The van der Waals surface area contributed by atoms with Gasteiger partial charge in [0, 0.05) is 43.4 Å². The van der Waals surface area contributed by atoms with Crippen molar-refractivity contribution in [2.24, 2.45) is 5.92 Å². The summed E-state index contributed by atoms with van der Waals surface area (Å²) in [7, 11) is 3.75. The second kappa shape index (κ2) is 6.97. The molecule has 0 saturated heterocycles. The van der Waals surface area contributed by atoms with Crippen molar-refractivity contribution in [3.05, 3.63) is 15.6 Å². The minimum Gasteiger partial charge on any atom is -0.359 e. The SMILES string of the molecule is CNC(=O)[C@H]1CCC[C@H](NC(=O)c2nc3c(s2)CN(C)CC3)C1. The average molecular weight is 336 g/mol. The maximum Gasteiger partial charge on any atom is 0.280 e. The van der Waals surface area contributed by atoms with Crippen LogP contribution in [0.1, 0.15) is 46.1 Å². The van der Waals surface area contributed by atoms with E-state index in [1.165, 1.54) is 16.2 Å². The van der Waals surface area contributed by atoms with Crippen molar-refractivity contribution in [2.45, 2.75) is 44.7 Å². The number of amides is 2. The van der Waals surface area contributed by atoms with E-state index in [-0.39, 0.29) is 23.8 Å². The molecule has 1 aliphatic heterocycles. The molecule has 0 aromatic carbocycles. The molecule has 0 unspecified atom stereocenters. The standard InChI is InChI=1S/C16H24N4O2S/c1-17-14(21)10-4-3-5-11(8-10)18-15(22)16-19-12-6-7-20(2)9-13(12)23-16/h10-11H,3-9H2,1-2H3,(H,17,21)(H,18,22)/t10-,11-/m0/s1. The van der Waals surface area contributed by atoms with E-state index in [2.05, 4.69) is 27.6 Å². The van der Waals surface area contributed by atoms with Crippen LogP contribution in [0.3, 0.4) is 0 Å². The molecule has 2 atom stereocenters. The van der Waals surface area contributed by atoms with Crippen molar-refractivity contribution in [1.82, 2.24) is 20.5 Å². The van der Waals surface area contributed by atoms with Gasteiger partial charge in [-0.3, -0.25) is 9.59 Å². The number of carbonyl (C=O) groups excluding carboxylic acids is 2. The molecular weight excluding hydrogens is 312 g/mol. The average Bonchev–Trinajstić information content (AvgIpc) is 2.97. The lowest BCUT2D eigenvalue weighted by Crippen LogP contribution is -2.41. The molecule has 2 aliphatic rings. The van der Waals surface area contributed by atoms with E-state index >= 15 is 0 Å². The summed E-state index contributed by atoms with van der Waals surface area (Å²) in [6.45, 7) is 1.87. The van der Waals surface area contributed by atoms with Crippen molar-refractivity contribution in [1.29, 1.82) is 0 Å². The highest BCUT2D eigenvalue weighted by Gasteiger charge is 2.29. The molecule has 3 rings (SSSR count). The molecule has 7 heteroatoms. The zero-order valence-corrected chi connectivity index (χ0v) is 14.5. The minimum absolute atomic E-state index is 0.0113. The van der Waals surface area contributed by atoms with Crippen molar-refractivity contribution in [2.75, 3.05) is 20.6 Å². The summed E-state index contributed by atoms with van der Waals surface area (Å²) in [4.78, 5) is 32.2. The van der Waals surface area contributed by atoms with Gasteiger partial charge >= 0.3 is 0 Å². The molecule has 1 aromatic rings. The highest BCUT2D eigenvalue weighted by atomic mass is 32.1. The Labute approximate surface area is 140 Å². The molecule has 1 fully saturated rings. The predicted molar refractivity (Wildman–Crippen MR) is 89.4 cm³/mol. The third-order valence-corrected chi connectivity index (χ3v) is 5.82. The monoisotopic (exact) mass is 336 g/mol. The molecule has 1 saturated carbocycles. The number of hydrogen-bond acceptors (Lipinski definition) is 5. The van der Waals surface area contributed by atoms with Crippen molar-refractivity contribution in [3.8, 4) is 0 Å². The van der Waals surface area contributed by atoms with Crippen LogP contribution in [0.5, 0.6) is 0 Å². The van der Waals surface area contributed by atoms with Crippen LogP contribution < -0.4 is 10.6 Å². The fraction of sp³-hybridized carbons (Fsp3) is 0.688. The van der Waals surface area contributed by atoms with Gasteiger partial charge in [0.1, 0.15) is 0 Å². The largest absolute Gasteiger partial charge is 0.359 e. The lowest BCUT2D eigenvalue weighted by molar-refractivity contribution is -0.125. The van der Waals surface area contributed by atoms with Gasteiger partial charge < -0.3 is 15.5 Å². The van der Waals surface area contributed by atoms with E-state index in [9.17, 15) is 9.59 Å². The highest BCUT2D eigenvalue weighted by Crippen LogP contribution is 2.27. The third kappa shape index (κ3) is 3.72. The Kier molecular flexibility index (Phi) is 4.96. The molecule has 0 radical (unpaired) electrons. The molecule has 0 bridgehead atoms. The number of nitrogens with one attached hydrogen (secondary N) is 2. The number of aromatic nitrogens is 1. The van der Waals surface area contributed by atoms with E-state index in [4.69, 9.17) is 0 Å². The number of likely N-dealkylation sites (N-methyl/N-ethyl adjacent to an activating group) is 1.